The van der Waals surface area contributed by atoms with Crippen LogP contribution in [-0.2, 0) is 0 Å². The van der Waals surface area contributed by atoms with Crippen LogP contribution in [0.4, 0.5) is 11.6 Å². The van der Waals surface area contributed by atoms with Crippen LogP contribution < -0.4 is 9.80 Å². The van der Waals surface area contributed by atoms with E-state index in [0.29, 0.717) is 11.8 Å². The first-order valence-electron chi connectivity index (χ1n) is 12.0. The number of aliphatic hydroxyl groups excluding tert-OH is 1. The maximum Gasteiger partial charge on any atom is 0.150 e. The highest BCUT2D eigenvalue weighted by Gasteiger charge is 2.33. The first-order valence-corrected chi connectivity index (χ1v) is 12.0. The Labute approximate surface area is 190 Å². The molecule has 0 bridgehead atoms. The summed E-state index contributed by atoms with van der Waals surface area (Å²) in [6.45, 7) is 6.11. The zero-order valence-corrected chi connectivity index (χ0v) is 18.9. The lowest BCUT2D eigenvalue weighted by molar-refractivity contribution is 0.206. The van der Waals surface area contributed by atoms with Crippen LogP contribution in [0.3, 0.4) is 0 Å². The van der Waals surface area contributed by atoms with Crippen molar-refractivity contribution in [2.24, 2.45) is 11.8 Å². The van der Waals surface area contributed by atoms with Gasteiger partial charge in [0.15, 0.2) is 5.82 Å². The van der Waals surface area contributed by atoms with E-state index in [1.165, 1.54) is 18.2 Å². The predicted molar refractivity (Wildman–Crippen MR) is 129 cm³/mol. The summed E-state index contributed by atoms with van der Waals surface area (Å²) in [5.41, 5.74) is 2.13. The van der Waals surface area contributed by atoms with Crippen LogP contribution in [0.15, 0.2) is 48.8 Å². The van der Waals surface area contributed by atoms with Gasteiger partial charge in [-0.3, -0.25) is 4.98 Å². The van der Waals surface area contributed by atoms with Crippen molar-refractivity contribution < 1.29 is 5.11 Å². The largest absolute Gasteiger partial charge is 0.396 e. The number of benzene rings is 1. The fourth-order valence-corrected chi connectivity index (χ4v) is 4.80. The molecule has 0 radical (unpaired) electrons. The lowest BCUT2D eigenvalue weighted by atomic mass is 9.95. The van der Waals surface area contributed by atoms with Gasteiger partial charge in [0, 0.05) is 56.5 Å². The molecular formula is C26H33N5O. The monoisotopic (exact) mass is 431 g/mol. The minimum absolute atomic E-state index is 0.289. The average Bonchev–Trinajstić information content (AvgIpc) is 3.62. The van der Waals surface area contributed by atoms with E-state index in [0.717, 1.165) is 67.8 Å². The molecule has 6 heteroatoms. The summed E-state index contributed by atoms with van der Waals surface area (Å²) < 4.78 is 0. The molecule has 1 N–H and O–H groups in total. The summed E-state index contributed by atoms with van der Waals surface area (Å²) >= 11 is 0. The Balaban J connectivity index is 1.25. The zero-order chi connectivity index (χ0) is 21.9. The van der Waals surface area contributed by atoms with Crippen molar-refractivity contribution in [2.45, 2.75) is 38.5 Å². The van der Waals surface area contributed by atoms with E-state index in [1.807, 2.05) is 18.3 Å². The maximum atomic E-state index is 9.79. The van der Waals surface area contributed by atoms with Crippen LogP contribution in [-0.4, -0.2) is 52.8 Å². The molecule has 168 valence electrons. The minimum atomic E-state index is 0.289. The van der Waals surface area contributed by atoms with Gasteiger partial charge in [0.25, 0.3) is 0 Å². The van der Waals surface area contributed by atoms with Gasteiger partial charge in [-0.05, 0) is 49.8 Å². The maximum absolute atomic E-state index is 9.79. The van der Waals surface area contributed by atoms with E-state index >= 15 is 0 Å². The first kappa shape index (κ1) is 21.1. The zero-order valence-electron chi connectivity index (χ0n) is 18.9. The number of pyridine rings is 1. The Morgan fingerprint density at radius 3 is 2.69 bits per heavy atom. The summed E-state index contributed by atoms with van der Waals surface area (Å²) in [4.78, 5) is 19.0. The third-order valence-corrected chi connectivity index (χ3v) is 6.99. The van der Waals surface area contributed by atoms with Gasteiger partial charge in [0.05, 0.1) is 11.2 Å². The van der Waals surface area contributed by atoms with E-state index in [2.05, 4.69) is 41.0 Å². The summed E-state index contributed by atoms with van der Waals surface area (Å²) in [5, 5.41) is 11.0. The van der Waals surface area contributed by atoms with Crippen molar-refractivity contribution >= 4 is 22.5 Å². The van der Waals surface area contributed by atoms with Gasteiger partial charge in [-0.1, -0.05) is 31.0 Å². The Morgan fingerprint density at radius 1 is 1.09 bits per heavy atom. The molecule has 5 rings (SSSR count). The average molecular weight is 432 g/mol. The lowest BCUT2D eigenvalue weighted by Gasteiger charge is -2.41. The molecule has 2 fully saturated rings. The second kappa shape index (κ2) is 9.41. The third-order valence-electron chi connectivity index (χ3n) is 6.99. The van der Waals surface area contributed by atoms with Gasteiger partial charge in [-0.2, -0.15) is 0 Å². The van der Waals surface area contributed by atoms with Crippen molar-refractivity contribution in [1.82, 2.24) is 15.0 Å². The standard InChI is InChI=1S/C26H33N5O/c1-2-30(14-11-20(18-32)15-19-7-8-19)26-25(27-12-13-28-26)22-16-31(17-22)24-10-9-21-5-3-4-6-23(21)29-24/h3-6,9-10,12-13,19-20,22,32H,2,7-8,11,14-18H2,1H3. The number of rotatable bonds is 10. The Hall–Kier alpha value is -2.73. The highest BCUT2D eigenvalue weighted by atomic mass is 16.3. The topological polar surface area (TPSA) is 65.4 Å². The fourth-order valence-electron chi connectivity index (χ4n) is 4.80. The number of aliphatic hydroxyl groups is 1. The molecule has 1 atom stereocenters. The van der Waals surface area contributed by atoms with E-state index in [4.69, 9.17) is 15.0 Å². The van der Waals surface area contributed by atoms with Crippen molar-refractivity contribution in [2.75, 3.05) is 42.6 Å². The SMILES string of the molecule is CCN(CCC(CO)CC1CC1)c1nccnc1C1CN(c2ccc3ccccc3n2)C1. The fraction of sp³-hybridized carbons (Fsp3) is 0.500. The molecule has 32 heavy (non-hydrogen) atoms. The van der Waals surface area contributed by atoms with E-state index < -0.39 is 0 Å². The number of fused-ring (bicyclic) bond motifs is 1. The number of anilines is 2. The molecule has 3 heterocycles. The molecule has 1 saturated carbocycles. The summed E-state index contributed by atoms with van der Waals surface area (Å²) in [5.74, 6) is 3.65. The molecule has 2 aliphatic rings. The first-order chi connectivity index (χ1) is 15.7. The highest BCUT2D eigenvalue weighted by Crippen LogP contribution is 2.37. The van der Waals surface area contributed by atoms with Crippen LogP contribution >= 0.6 is 0 Å². The van der Waals surface area contributed by atoms with Gasteiger partial charge < -0.3 is 14.9 Å². The molecular weight excluding hydrogens is 398 g/mol. The molecule has 1 aliphatic carbocycles. The number of aromatic nitrogens is 3. The van der Waals surface area contributed by atoms with Crippen LogP contribution in [0, 0.1) is 11.8 Å². The van der Waals surface area contributed by atoms with Gasteiger partial charge in [-0.25, -0.2) is 9.97 Å². The normalized spacial score (nSPS) is 17.4. The summed E-state index contributed by atoms with van der Waals surface area (Å²) in [7, 11) is 0. The Morgan fingerprint density at radius 2 is 1.91 bits per heavy atom. The number of nitrogens with zero attached hydrogens (tertiary/aromatic N) is 5. The van der Waals surface area contributed by atoms with Crippen LogP contribution in [0.25, 0.3) is 10.9 Å². The Bertz CT molecular complexity index is 1050. The molecule has 3 aromatic rings. The molecule has 0 amide bonds. The van der Waals surface area contributed by atoms with E-state index in [-0.39, 0.29) is 6.61 Å². The lowest BCUT2D eigenvalue weighted by Crippen LogP contribution is -2.46. The van der Waals surface area contributed by atoms with Crippen LogP contribution in [0.5, 0.6) is 0 Å². The molecule has 1 unspecified atom stereocenters. The van der Waals surface area contributed by atoms with Gasteiger partial charge >= 0.3 is 0 Å². The summed E-state index contributed by atoms with van der Waals surface area (Å²) in [6.07, 6.45) is 8.47. The minimum Gasteiger partial charge on any atom is -0.396 e. The molecule has 6 nitrogen and oxygen atoms in total. The second-order valence-corrected chi connectivity index (χ2v) is 9.33. The molecule has 1 saturated heterocycles. The van der Waals surface area contributed by atoms with Gasteiger partial charge in [-0.15, -0.1) is 0 Å². The highest BCUT2D eigenvalue weighted by molar-refractivity contribution is 5.80. The van der Waals surface area contributed by atoms with E-state index in [1.54, 1.807) is 6.20 Å². The van der Waals surface area contributed by atoms with Crippen molar-refractivity contribution in [1.29, 1.82) is 0 Å². The van der Waals surface area contributed by atoms with Crippen molar-refractivity contribution in [3.63, 3.8) is 0 Å². The predicted octanol–water partition coefficient (Wildman–Crippen LogP) is 4.25. The van der Waals surface area contributed by atoms with Gasteiger partial charge in [0.1, 0.15) is 5.82 Å². The Kier molecular flexibility index (Phi) is 6.21. The molecule has 1 aromatic carbocycles. The number of hydrogen-bond donors (Lipinski definition) is 1. The number of hydrogen-bond acceptors (Lipinski definition) is 6. The third kappa shape index (κ3) is 4.56. The quantitative estimate of drug-likeness (QED) is 0.518. The van der Waals surface area contributed by atoms with Crippen LogP contribution in [0.1, 0.15) is 44.2 Å². The van der Waals surface area contributed by atoms with Gasteiger partial charge in [0.2, 0.25) is 0 Å². The van der Waals surface area contributed by atoms with Crippen molar-refractivity contribution in [3.8, 4) is 0 Å². The van der Waals surface area contributed by atoms with E-state index in [9.17, 15) is 5.11 Å². The van der Waals surface area contributed by atoms with Crippen LogP contribution in [0.2, 0.25) is 0 Å². The second-order valence-electron chi connectivity index (χ2n) is 9.33. The number of para-hydroxylation sites is 1. The summed E-state index contributed by atoms with van der Waals surface area (Å²) in [6, 6.07) is 12.5. The molecule has 1 aliphatic heterocycles. The smallest absolute Gasteiger partial charge is 0.150 e. The molecule has 0 spiro atoms. The molecule has 2 aromatic heterocycles. The van der Waals surface area contributed by atoms with Crippen molar-refractivity contribution in [3.05, 3.63) is 54.5 Å².